The number of carboxylic acids is 1. The number of fused-ring (bicyclic) bond motifs is 1. The minimum Gasteiger partial charge on any atom is -0.477 e. The maximum Gasteiger partial charge on any atom is 0.341 e. The molecule has 11 heteroatoms. The molecule has 1 saturated heterocycles. The van der Waals surface area contributed by atoms with Gasteiger partial charge in [-0.1, -0.05) is 5.21 Å². The van der Waals surface area contributed by atoms with Crippen LogP contribution in [0.5, 0.6) is 0 Å². The number of carbonyl (C=O) groups is 1. The molecule has 2 aromatic heterocycles. The molecule has 1 aromatic carbocycles. The quantitative estimate of drug-likeness (QED) is 0.624. The number of nitrogens with two attached hydrogens (primary N) is 1. The summed E-state index contributed by atoms with van der Waals surface area (Å²) in [5.41, 5.74) is 3.41. The zero-order valence-corrected chi connectivity index (χ0v) is 15.8. The molecule has 0 radical (unpaired) electrons. The van der Waals surface area contributed by atoms with Gasteiger partial charge in [0, 0.05) is 31.5 Å². The molecule has 2 fully saturated rings. The second-order valence-electron chi connectivity index (χ2n) is 7.70. The fourth-order valence-electron chi connectivity index (χ4n) is 4.20. The number of nitrogen functional groups attached to an aromatic ring is 1. The minimum atomic E-state index is -1.46. The minimum absolute atomic E-state index is 0.108. The lowest BCUT2D eigenvalue weighted by atomic mass is 10.1. The number of hydrogen-bond donors (Lipinski definition) is 2. The number of hydrogen-bond acceptors (Lipinski definition) is 6. The average molecular weight is 416 g/mol. The lowest BCUT2D eigenvalue weighted by Gasteiger charge is -2.23. The van der Waals surface area contributed by atoms with E-state index < -0.39 is 39.7 Å². The predicted molar refractivity (Wildman–Crippen MR) is 104 cm³/mol. The lowest BCUT2D eigenvalue weighted by molar-refractivity contribution is 0.0695. The number of aromatic carboxylic acids is 1. The van der Waals surface area contributed by atoms with Crippen LogP contribution < -0.4 is 16.1 Å². The zero-order chi connectivity index (χ0) is 21.2. The van der Waals surface area contributed by atoms with Crippen LogP contribution in [0.25, 0.3) is 10.9 Å². The molecule has 30 heavy (non-hydrogen) atoms. The van der Waals surface area contributed by atoms with Gasteiger partial charge in [-0.3, -0.25) is 4.79 Å². The van der Waals surface area contributed by atoms with Crippen LogP contribution in [0.3, 0.4) is 0 Å². The Bertz CT molecular complexity index is 1240. The molecule has 9 nitrogen and oxygen atoms in total. The summed E-state index contributed by atoms with van der Waals surface area (Å²) in [6.45, 7) is 0.660. The molecule has 3 N–H and O–H groups in total. The standard InChI is InChI=1S/C19H18F2N6O3/c20-13-15(22)12-16(26(9-1-2-9)8-11(18(12)28)19(29)30)14(21)17(13)25-5-3-10(7-25)27-6-4-23-24-27/h4,6,8-10H,1-3,5,7,22H2,(H,29,30). The second kappa shape index (κ2) is 6.51. The van der Waals surface area contributed by atoms with Gasteiger partial charge in [0.25, 0.3) is 0 Å². The molecule has 0 spiro atoms. The van der Waals surface area contributed by atoms with Crippen molar-refractivity contribution < 1.29 is 18.7 Å². The second-order valence-corrected chi connectivity index (χ2v) is 7.70. The highest BCUT2D eigenvalue weighted by Gasteiger charge is 2.35. The molecule has 3 heterocycles. The summed E-state index contributed by atoms with van der Waals surface area (Å²) in [5.74, 6) is -3.42. The number of aromatic nitrogens is 4. The van der Waals surface area contributed by atoms with Crippen molar-refractivity contribution in [2.45, 2.75) is 31.3 Å². The molecule has 0 amide bonds. The molecule has 3 aromatic rings. The van der Waals surface area contributed by atoms with Crippen molar-refractivity contribution in [3.8, 4) is 0 Å². The van der Waals surface area contributed by atoms with Crippen LogP contribution in [0, 0.1) is 11.6 Å². The first-order valence-electron chi connectivity index (χ1n) is 9.57. The fraction of sp³-hybridized carbons (Fsp3) is 0.368. The van der Waals surface area contributed by atoms with E-state index in [9.17, 15) is 14.7 Å². The van der Waals surface area contributed by atoms with E-state index in [4.69, 9.17) is 5.73 Å². The van der Waals surface area contributed by atoms with Crippen LogP contribution in [-0.4, -0.2) is 43.7 Å². The third kappa shape index (κ3) is 2.65. The van der Waals surface area contributed by atoms with E-state index in [2.05, 4.69) is 10.3 Å². The molecular weight excluding hydrogens is 398 g/mol. The van der Waals surface area contributed by atoms with Crippen molar-refractivity contribution in [1.29, 1.82) is 0 Å². The normalized spacial score (nSPS) is 19.0. The summed E-state index contributed by atoms with van der Waals surface area (Å²) >= 11 is 0. The molecule has 2 aliphatic rings. The Labute approximate surface area is 168 Å². The fourth-order valence-corrected chi connectivity index (χ4v) is 4.20. The first-order chi connectivity index (χ1) is 14.4. The van der Waals surface area contributed by atoms with Crippen molar-refractivity contribution in [2.24, 2.45) is 0 Å². The Morgan fingerprint density at radius 3 is 2.60 bits per heavy atom. The van der Waals surface area contributed by atoms with E-state index >= 15 is 8.78 Å². The third-order valence-electron chi connectivity index (χ3n) is 5.83. The average Bonchev–Trinajstić information content (AvgIpc) is 3.20. The van der Waals surface area contributed by atoms with Crippen LogP contribution in [0.1, 0.15) is 41.7 Å². The van der Waals surface area contributed by atoms with Crippen LogP contribution in [0.4, 0.5) is 20.2 Å². The summed E-state index contributed by atoms with van der Waals surface area (Å²) < 4.78 is 34.0. The van der Waals surface area contributed by atoms with Gasteiger partial charge in [-0.25, -0.2) is 18.3 Å². The molecule has 1 atom stereocenters. The van der Waals surface area contributed by atoms with E-state index in [1.165, 1.54) is 10.8 Å². The monoisotopic (exact) mass is 416 g/mol. The highest BCUT2D eigenvalue weighted by Crippen LogP contribution is 2.42. The number of benzene rings is 1. The van der Waals surface area contributed by atoms with Crippen molar-refractivity contribution in [3.63, 3.8) is 0 Å². The van der Waals surface area contributed by atoms with Crippen molar-refractivity contribution in [1.82, 2.24) is 19.6 Å². The predicted octanol–water partition coefficient (Wildman–Crippen LogP) is 1.94. The van der Waals surface area contributed by atoms with Crippen molar-refractivity contribution in [3.05, 3.63) is 46.0 Å². The van der Waals surface area contributed by atoms with Gasteiger partial charge in [-0.05, 0) is 19.3 Å². The number of pyridine rings is 1. The van der Waals surface area contributed by atoms with Gasteiger partial charge in [0.05, 0.1) is 28.8 Å². The number of anilines is 2. The highest BCUT2D eigenvalue weighted by molar-refractivity contribution is 5.99. The van der Waals surface area contributed by atoms with E-state index in [0.717, 1.165) is 6.20 Å². The van der Waals surface area contributed by atoms with Crippen molar-refractivity contribution in [2.75, 3.05) is 23.7 Å². The topological polar surface area (TPSA) is 119 Å². The SMILES string of the molecule is Nc1c(F)c(N2CCC(n3ccnn3)C2)c(F)c2c1c(=O)c(C(=O)O)cn2C1CC1. The van der Waals surface area contributed by atoms with Gasteiger partial charge in [0.1, 0.15) is 11.3 Å². The van der Waals surface area contributed by atoms with Crippen LogP contribution in [-0.2, 0) is 0 Å². The zero-order valence-electron chi connectivity index (χ0n) is 15.8. The molecule has 1 unspecified atom stereocenters. The number of halogens is 2. The van der Waals surface area contributed by atoms with E-state index in [-0.39, 0.29) is 23.3 Å². The third-order valence-corrected chi connectivity index (χ3v) is 5.83. The molecular formula is C19H18F2N6O3. The molecule has 1 saturated carbocycles. The van der Waals surface area contributed by atoms with Crippen LogP contribution in [0.2, 0.25) is 0 Å². The first kappa shape index (κ1) is 18.5. The number of carboxylic acid groups (broad SMARTS) is 1. The van der Waals surface area contributed by atoms with Crippen LogP contribution >= 0.6 is 0 Å². The Kier molecular flexibility index (Phi) is 4.02. The van der Waals surface area contributed by atoms with Crippen LogP contribution in [0.15, 0.2) is 23.4 Å². The van der Waals surface area contributed by atoms with Gasteiger partial charge < -0.3 is 20.3 Å². The summed E-state index contributed by atoms with van der Waals surface area (Å²) in [4.78, 5) is 25.7. The molecule has 5 rings (SSSR count). The van der Waals surface area contributed by atoms with Gasteiger partial charge in [0.15, 0.2) is 11.6 Å². The Hall–Kier alpha value is -3.50. The molecule has 156 valence electrons. The number of rotatable bonds is 4. The Morgan fingerprint density at radius 1 is 1.20 bits per heavy atom. The smallest absolute Gasteiger partial charge is 0.341 e. The molecule has 1 aliphatic heterocycles. The summed E-state index contributed by atoms with van der Waals surface area (Å²) in [7, 11) is 0. The summed E-state index contributed by atoms with van der Waals surface area (Å²) in [6.07, 6.45) is 6.38. The van der Waals surface area contributed by atoms with E-state index in [1.807, 2.05) is 0 Å². The largest absolute Gasteiger partial charge is 0.477 e. The maximum absolute atomic E-state index is 15.7. The highest BCUT2D eigenvalue weighted by atomic mass is 19.1. The first-order valence-corrected chi connectivity index (χ1v) is 9.57. The Morgan fingerprint density at radius 2 is 1.97 bits per heavy atom. The van der Waals surface area contributed by atoms with Gasteiger partial charge in [0.2, 0.25) is 5.43 Å². The van der Waals surface area contributed by atoms with E-state index in [1.54, 1.807) is 15.8 Å². The lowest BCUT2D eigenvalue weighted by Crippen LogP contribution is -2.26. The van der Waals surface area contributed by atoms with Gasteiger partial charge in [-0.15, -0.1) is 5.10 Å². The maximum atomic E-state index is 15.7. The summed E-state index contributed by atoms with van der Waals surface area (Å²) in [5, 5.41) is 16.7. The summed E-state index contributed by atoms with van der Waals surface area (Å²) in [6, 6.07) is -0.261. The Balaban J connectivity index is 1.71. The van der Waals surface area contributed by atoms with Gasteiger partial charge >= 0.3 is 5.97 Å². The van der Waals surface area contributed by atoms with Crippen molar-refractivity contribution >= 4 is 28.2 Å². The molecule has 1 aliphatic carbocycles. The van der Waals surface area contributed by atoms with Gasteiger partial charge in [-0.2, -0.15) is 0 Å². The number of nitrogens with zero attached hydrogens (tertiary/aromatic N) is 5. The van der Waals surface area contributed by atoms with E-state index in [0.29, 0.717) is 32.4 Å². The molecule has 0 bridgehead atoms.